The molecule has 0 amide bonds. The van der Waals surface area contributed by atoms with E-state index < -0.39 is 0 Å². The van der Waals surface area contributed by atoms with Gasteiger partial charge >= 0.3 is 0 Å². The Labute approximate surface area is 73.9 Å². The molecule has 1 heterocycles. The molecule has 2 aliphatic rings. The molecule has 2 heteroatoms. The lowest BCUT2D eigenvalue weighted by molar-refractivity contribution is -0.131. The summed E-state index contributed by atoms with van der Waals surface area (Å²) in [6.07, 6.45) is 3.47. The number of carbonyl (C=O) groups is 1. The van der Waals surface area contributed by atoms with Crippen molar-refractivity contribution in [1.82, 2.24) is 4.90 Å². The van der Waals surface area contributed by atoms with Crippen LogP contribution in [0.25, 0.3) is 0 Å². The van der Waals surface area contributed by atoms with Gasteiger partial charge in [0.05, 0.1) is 0 Å². The zero-order valence-corrected chi connectivity index (χ0v) is 7.97. The molecule has 0 atom stereocenters. The predicted octanol–water partition coefficient (Wildman–Crippen LogP) is 1.45. The topological polar surface area (TPSA) is 20.3 Å². The largest absolute Gasteiger partial charge is 0.299 e. The van der Waals surface area contributed by atoms with Crippen LogP contribution in [0.1, 0.15) is 33.1 Å². The average molecular weight is 167 g/mol. The number of Topliss-reactive ketones (excluding diaryl/α,β-unsaturated/α-hetero) is 1. The van der Waals surface area contributed by atoms with Crippen molar-refractivity contribution in [2.75, 3.05) is 13.1 Å². The van der Waals surface area contributed by atoms with Gasteiger partial charge in [-0.2, -0.15) is 0 Å². The monoisotopic (exact) mass is 167 g/mol. The molecule has 68 valence electrons. The van der Waals surface area contributed by atoms with Gasteiger partial charge in [0, 0.05) is 31.0 Å². The van der Waals surface area contributed by atoms with Crippen LogP contribution in [0, 0.1) is 5.41 Å². The highest BCUT2D eigenvalue weighted by Gasteiger charge is 2.39. The van der Waals surface area contributed by atoms with Crippen molar-refractivity contribution in [3.05, 3.63) is 0 Å². The van der Waals surface area contributed by atoms with Crippen LogP contribution in [0.2, 0.25) is 0 Å². The second-order valence-corrected chi connectivity index (χ2v) is 4.76. The highest BCUT2D eigenvalue weighted by Crippen LogP contribution is 2.34. The lowest BCUT2D eigenvalue weighted by atomic mass is 9.83. The maximum Gasteiger partial charge on any atom is 0.141 e. The molecule has 0 aromatic rings. The van der Waals surface area contributed by atoms with Gasteiger partial charge in [0.2, 0.25) is 0 Å². The zero-order valence-electron chi connectivity index (χ0n) is 7.97. The molecule has 1 aliphatic heterocycles. The number of carbonyl (C=O) groups excluding carboxylic acids is 1. The Morgan fingerprint density at radius 3 is 2.58 bits per heavy atom. The number of piperidine rings is 1. The van der Waals surface area contributed by atoms with Crippen LogP contribution in [0.4, 0.5) is 0 Å². The van der Waals surface area contributed by atoms with Crippen molar-refractivity contribution in [1.29, 1.82) is 0 Å². The molecule has 2 fully saturated rings. The van der Waals surface area contributed by atoms with Gasteiger partial charge in [0.15, 0.2) is 0 Å². The lowest BCUT2D eigenvalue weighted by Gasteiger charge is -2.36. The molecule has 0 bridgehead atoms. The predicted molar refractivity (Wildman–Crippen MR) is 48.0 cm³/mol. The molecule has 1 aliphatic carbocycles. The van der Waals surface area contributed by atoms with E-state index in [4.69, 9.17) is 0 Å². The Morgan fingerprint density at radius 2 is 2.08 bits per heavy atom. The summed E-state index contributed by atoms with van der Waals surface area (Å²) in [4.78, 5) is 14.0. The van der Waals surface area contributed by atoms with Gasteiger partial charge in [-0.25, -0.2) is 0 Å². The Hall–Kier alpha value is -0.370. The summed E-state index contributed by atoms with van der Waals surface area (Å²) in [5.41, 5.74) is -0.0825. The first kappa shape index (κ1) is 8.24. The zero-order chi connectivity index (χ0) is 8.77. The van der Waals surface area contributed by atoms with Gasteiger partial charge in [0.1, 0.15) is 5.78 Å². The van der Waals surface area contributed by atoms with E-state index in [1.807, 2.05) is 0 Å². The van der Waals surface area contributed by atoms with Gasteiger partial charge in [-0.15, -0.1) is 0 Å². The van der Waals surface area contributed by atoms with Crippen molar-refractivity contribution in [2.24, 2.45) is 5.41 Å². The van der Waals surface area contributed by atoms with Gasteiger partial charge < -0.3 is 0 Å². The van der Waals surface area contributed by atoms with Crippen molar-refractivity contribution in [3.63, 3.8) is 0 Å². The second-order valence-electron chi connectivity index (χ2n) is 4.76. The molecule has 0 radical (unpaired) electrons. The minimum Gasteiger partial charge on any atom is -0.299 e. The van der Waals surface area contributed by atoms with Crippen molar-refractivity contribution in [3.8, 4) is 0 Å². The standard InChI is InChI=1S/C10H17NO/c1-10(2)7-11(8-3-4-8)6-5-9(10)12/h8H,3-7H2,1-2H3. The summed E-state index contributed by atoms with van der Waals surface area (Å²) in [5.74, 6) is 0.444. The lowest BCUT2D eigenvalue weighted by Crippen LogP contribution is -2.46. The van der Waals surface area contributed by atoms with E-state index in [1.165, 1.54) is 12.8 Å². The normalized spacial score (nSPS) is 30.7. The van der Waals surface area contributed by atoms with Crippen LogP contribution in [0.5, 0.6) is 0 Å². The van der Waals surface area contributed by atoms with E-state index >= 15 is 0 Å². The number of nitrogens with zero attached hydrogens (tertiary/aromatic N) is 1. The molecule has 1 saturated heterocycles. The molecule has 2 nitrogen and oxygen atoms in total. The fourth-order valence-corrected chi connectivity index (χ4v) is 2.01. The quantitative estimate of drug-likeness (QED) is 0.589. The fraction of sp³-hybridized carbons (Fsp3) is 0.900. The van der Waals surface area contributed by atoms with E-state index in [0.717, 1.165) is 25.6 Å². The minimum absolute atomic E-state index is 0.0825. The number of likely N-dealkylation sites (tertiary alicyclic amines) is 1. The van der Waals surface area contributed by atoms with E-state index in [2.05, 4.69) is 18.7 Å². The summed E-state index contributed by atoms with van der Waals surface area (Å²) in [6.45, 7) is 6.14. The van der Waals surface area contributed by atoms with Gasteiger partial charge in [0.25, 0.3) is 0 Å². The van der Waals surface area contributed by atoms with Gasteiger partial charge in [-0.05, 0) is 12.8 Å². The summed E-state index contributed by atoms with van der Waals surface area (Å²) in [5, 5.41) is 0. The third kappa shape index (κ3) is 1.40. The molecule has 0 spiro atoms. The SMILES string of the molecule is CC1(C)CN(C2CC2)CCC1=O. The highest BCUT2D eigenvalue weighted by molar-refractivity contribution is 5.85. The maximum atomic E-state index is 11.5. The Kier molecular flexibility index (Phi) is 1.76. The Balaban J connectivity index is 2.01. The van der Waals surface area contributed by atoms with Crippen LogP contribution in [0.3, 0.4) is 0 Å². The first-order valence-corrected chi connectivity index (χ1v) is 4.87. The number of ketones is 1. The molecule has 2 rings (SSSR count). The van der Waals surface area contributed by atoms with E-state index in [0.29, 0.717) is 5.78 Å². The van der Waals surface area contributed by atoms with Crippen molar-refractivity contribution in [2.45, 2.75) is 39.2 Å². The van der Waals surface area contributed by atoms with Crippen molar-refractivity contribution < 1.29 is 4.79 Å². The number of hydrogen-bond donors (Lipinski definition) is 0. The highest BCUT2D eigenvalue weighted by atomic mass is 16.1. The van der Waals surface area contributed by atoms with E-state index in [-0.39, 0.29) is 5.41 Å². The molecule has 0 unspecified atom stereocenters. The molecule has 0 aromatic heterocycles. The first-order chi connectivity index (χ1) is 5.59. The van der Waals surface area contributed by atoms with E-state index in [9.17, 15) is 4.79 Å². The van der Waals surface area contributed by atoms with Crippen molar-refractivity contribution >= 4 is 5.78 Å². The third-order valence-corrected chi connectivity index (χ3v) is 3.04. The van der Waals surface area contributed by atoms with Gasteiger partial charge in [-0.1, -0.05) is 13.8 Å². The Morgan fingerprint density at radius 1 is 1.42 bits per heavy atom. The maximum absolute atomic E-state index is 11.5. The van der Waals surface area contributed by atoms with Crippen LogP contribution in [0.15, 0.2) is 0 Å². The minimum atomic E-state index is -0.0825. The second kappa shape index (κ2) is 2.56. The molecule has 12 heavy (non-hydrogen) atoms. The average Bonchev–Trinajstić information content (AvgIpc) is 2.76. The molecule has 0 aromatic carbocycles. The first-order valence-electron chi connectivity index (χ1n) is 4.87. The summed E-state index contributed by atoms with van der Waals surface area (Å²) in [6, 6.07) is 0.817. The summed E-state index contributed by atoms with van der Waals surface area (Å²) in [7, 11) is 0. The van der Waals surface area contributed by atoms with Crippen LogP contribution >= 0.6 is 0 Å². The summed E-state index contributed by atoms with van der Waals surface area (Å²) < 4.78 is 0. The van der Waals surface area contributed by atoms with E-state index in [1.54, 1.807) is 0 Å². The fourth-order valence-electron chi connectivity index (χ4n) is 2.01. The van der Waals surface area contributed by atoms with Crippen LogP contribution < -0.4 is 0 Å². The smallest absolute Gasteiger partial charge is 0.141 e. The van der Waals surface area contributed by atoms with Crippen LogP contribution in [-0.4, -0.2) is 29.8 Å². The van der Waals surface area contributed by atoms with Crippen LogP contribution in [-0.2, 0) is 4.79 Å². The number of hydrogen-bond acceptors (Lipinski definition) is 2. The number of rotatable bonds is 1. The molecule has 0 N–H and O–H groups in total. The molecule has 1 saturated carbocycles. The van der Waals surface area contributed by atoms with Gasteiger partial charge in [-0.3, -0.25) is 9.69 Å². The molecular formula is C10H17NO. The molecular weight excluding hydrogens is 150 g/mol. The summed E-state index contributed by atoms with van der Waals surface area (Å²) >= 11 is 0. The third-order valence-electron chi connectivity index (χ3n) is 3.04. The Bertz CT molecular complexity index is 206.